The van der Waals surface area contributed by atoms with Gasteiger partial charge in [-0.25, -0.2) is 4.79 Å². The summed E-state index contributed by atoms with van der Waals surface area (Å²) in [5.41, 5.74) is 2.07. The van der Waals surface area contributed by atoms with Crippen LogP contribution in [0.15, 0.2) is 42.5 Å². The molecule has 25 heavy (non-hydrogen) atoms. The lowest BCUT2D eigenvalue weighted by Crippen LogP contribution is -2.14. The highest BCUT2D eigenvalue weighted by Crippen LogP contribution is 2.24. The predicted octanol–water partition coefficient (Wildman–Crippen LogP) is 4.04. The first-order chi connectivity index (χ1) is 11.9. The van der Waals surface area contributed by atoms with Crippen molar-refractivity contribution in [1.82, 2.24) is 0 Å². The number of rotatable bonds is 6. The molecule has 5 nitrogen and oxygen atoms in total. The number of ether oxygens (including phenoxy) is 1. The van der Waals surface area contributed by atoms with Crippen LogP contribution >= 0.6 is 11.6 Å². The average Bonchev–Trinajstić information content (AvgIpc) is 2.61. The van der Waals surface area contributed by atoms with Gasteiger partial charge in [0.2, 0.25) is 5.91 Å². The van der Waals surface area contributed by atoms with E-state index < -0.39 is 5.97 Å². The summed E-state index contributed by atoms with van der Waals surface area (Å²) in [6.45, 7) is 1.85. The highest BCUT2D eigenvalue weighted by molar-refractivity contribution is 6.33. The number of methoxy groups -OCH3 is 1. The fraction of sp³-hybridized carbons (Fsp3) is 0.211. The monoisotopic (exact) mass is 359 g/mol. The standard InChI is InChI=1S/C19H18ClNO4/c1-12-5-3-4-6-14(12)17(22)9-10-18(23)21-16-11-13(19(24)25-2)7-8-15(16)20/h3-8,11H,9-10H2,1-2H3,(H,21,23). The third-order valence-corrected chi connectivity index (χ3v) is 4.02. The van der Waals surface area contributed by atoms with Crippen molar-refractivity contribution in [3.05, 3.63) is 64.2 Å². The van der Waals surface area contributed by atoms with E-state index in [-0.39, 0.29) is 30.1 Å². The van der Waals surface area contributed by atoms with Crippen molar-refractivity contribution in [2.24, 2.45) is 0 Å². The predicted molar refractivity (Wildman–Crippen MR) is 96.2 cm³/mol. The first-order valence-electron chi connectivity index (χ1n) is 7.69. The molecule has 0 saturated heterocycles. The smallest absolute Gasteiger partial charge is 0.337 e. The molecule has 0 bridgehead atoms. The maximum Gasteiger partial charge on any atom is 0.337 e. The van der Waals surface area contributed by atoms with Crippen molar-refractivity contribution in [2.75, 3.05) is 12.4 Å². The summed E-state index contributed by atoms with van der Waals surface area (Å²) in [4.78, 5) is 35.8. The molecule has 0 atom stereocenters. The van der Waals surface area contributed by atoms with Crippen LogP contribution in [0, 0.1) is 6.92 Å². The van der Waals surface area contributed by atoms with Crippen molar-refractivity contribution in [1.29, 1.82) is 0 Å². The van der Waals surface area contributed by atoms with Crippen LogP contribution in [0.2, 0.25) is 5.02 Å². The molecular formula is C19H18ClNO4. The highest BCUT2D eigenvalue weighted by Gasteiger charge is 2.14. The Hall–Kier alpha value is -2.66. The molecule has 0 radical (unpaired) electrons. The van der Waals surface area contributed by atoms with Crippen LogP contribution < -0.4 is 5.32 Å². The van der Waals surface area contributed by atoms with Crippen LogP contribution in [0.4, 0.5) is 5.69 Å². The van der Waals surface area contributed by atoms with Crippen molar-refractivity contribution in [3.63, 3.8) is 0 Å². The third-order valence-electron chi connectivity index (χ3n) is 3.69. The van der Waals surface area contributed by atoms with Gasteiger partial charge in [-0.15, -0.1) is 0 Å². The molecule has 0 aliphatic heterocycles. The number of nitrogens with one attached hydrogen (secondary N) is 1. The van der Waals surface area contributed by atoms with Gasteiger partial charge >= 0.3 is 5.97 Å². The van der Waals surface area contributed by atoms with Crippen molar-refractivity contribution in [3.8, 4) is 0 Å². The van der Waals surface area contributed by atoms with E-state index in [0.717, 1.165) is 5.56 Å². The Kier molecular flexibility index (Phi) is 6.31. The second kappa shape index (κ2) is 8.44. The molecule has 2 aromatic rings. The molecule has 0 heterocycles. The third kappa shape index (κ3) is 4.90. The van der Waals surface area contributed by atoms with Gasteiger partial charge < -0.3 is 10.1 Å². The van der Waals surface area contributed by atoms with Crippen molar-refractivity contribution in [2.45, 2.75) is 19.8 Å². The van der Waals surface area contributed by atoms with Gasteiger partial charge in [-0.05, 0) is 30.7 Å². The maximum absolute atomic E-state index is 12.2. The summed E-state index contributed by atoms with van der Waals surface area (Å²) in [7, 11) is 1.27. The van der Waals surface area contributed by atoms with Gasteiger partial charge in [0.25, 0.3) is 0 Å². The van der Waals surface area contributed by atoms with Gasteiger partial charge in [0.05, 0.1) is 23.4 Å². The lowest BCUT2D eigenvalue weighted by Gasteiger charge is -2.09. The second-order valence-corrected chi connectivity index (χ2v) is 5.88. The van der Waals surface area contributed by atoms with E-state index in [2.05, 4.69) is 10.1 Å². The Morgan fingerprint density at radius 3 is 2.48 bits per heavy atom. The molecule has 2 rings (SSSR count). The summed E-state index contributed by atoms with van der Waals surface area (Å²) in [6.07, 6.45) is 0.108. The topological polar surface area (TPSA) is 72.5 Å². The van der Waals surface area contributed by atoms with Gasteiger partial charge in [0.1, 0.15) is 0 Å². The van der Waals surface area contributed by atoms with E-state index in [0.29, 0.717) is 16.3 Å². The fourth-order valence-electron chi connectivity index (χ4n) is 2.33. The van der Waals surface area contributed by atoms with Gasteiger partial charge in [0.15, 0.2) is 5.78 Å². The van der Waals surface area contributed by atoms with Gasteiger partial charge in [-0.3, -0.25) is 9.59 Å². The number of ketones is 1. The van der Waals surface area contributed by atoms with E-state index in [4.69, 9.17) is 11.6 Å². The number of esters is 1. The summed E-state index contributed by atoms with van der Waals surface area (Å²) in [5.74, 6) is -0.976. The minimum Gasteiger partial charge on any atom is -0.465 e. The first-order valence-corrected chi connectivity index (χ1v) is 8.06. The molecular weight excluding hydrogens is 342 g/mol. The summed E-state index contributed by atoms with van der Waals surface area (Å²) in [5, 5.41) is 2.92. The SMILES string of the molecule is COC(=O)c1ccc(Cl)c(NC(=O)CCC(=O)c2ccccc2C)c1. The number of anilines is 1. The minimum atomic E-state index is -0.526. The molecule has 0 aromatic heterocycles. The molecule has 0 saturated carbocycles. The Labute approximate surface area is 150 Å². The van der Waals surface area contributed by atoms with E-state index in [1.54, 1.807) is 12.1 Å². The Balaban J connectivity index is 2.00. The van der Waals surface area contributed by atoms with E-state index >= 15 is 0 Å². The second-order valence-electron chi connectivity index (χ2n) is 5.47. The van der Waals surface area contributed by atoms with E-state index in [1.165, 1.54) is 25.3 Å². The number of hydrogen-bond donors (Lipinski definition) is 1. The van der Waals surface area contributed by atoms with Gasteiger partial charge in [-0.2, -0.15) is 0 Å². The molecule has 0 spiro atoms. The zero-order valence-electron chi connectivity index (χ0n) is 14.0. The maximum atomic E-state index is 12.2. The summed E-state index contributed by atoms with van der Waals surface area (Å²) >= 11 is 6.03. The molecule has 0 fully saturated rings. The van der Waals surface area contributed by atoms with Crippen LogP contribution in [0.25, 0.3) is 0 Å². The molecule has 1 N–H and O–H groups in total. The summed E-state index contributed by atoms with van der Waals surface area (Å²) < 4.78 is 4.64. The fourth-order valence-corrected chi connectivity index (χ4v) is 2.49. The van der Waals surface area contributed by atoms with E-state index in [9.17, 15) is 14.4 Å². The molecule has 0 unspecified atom stereocenters. The van der Waals surface area contributed by atoms with Crippen LogP contribution in [0.5, 0.6) is 0 Å². The van der Waals surface area contributed by atoms with Crippen molar-refractivity contribution >= 4 is 34.9 Å². The molecule has 0 aliphatic carbocycles. The quantitative estimate of drug-likeness (QED) is 0.624. The van der Waals surface area contributed by atoms with Gasteiger partial charge in [0, 0.05) is 18.4 Å². The van der Waals surface area contributed by atoms with Crippen LogP contribution in [0.3, 0.4) is 0 Å². The van der Waals surface area contributed by atoms with Gasteiger partial charge in [-0.1, -0.05) is 35.9 Å². The lowest BCUT2D eigenvalue weighted by atomic mass is 10.0. The normalized spacial score (nSPS) is 10.2. The Morgan fingerprint density at radius 1 is 1.08 bits per heavy atom. The van der Waals surface area contributed by atoms with E-state index in [1.807, 2.05) is 19.1 Å². The summed E-state index contributed by atoms with van der Waals surface area (Å²) in [6, 6.07) is 11.7. The largest absolute Gasteiger partial charge is 0.465 e. The van der Waals surface area contributed by atoms with Crippen molar-refractivity contribution < 1.29 is 19.1 Å². The molecule has 0 aliphatic rings. The van der Waals surface area contributed by atoms with Crippen LogP contribution in [-0.4, -0.2) is 24.8 Å². The zero-order chi connectivity index (χ0) is 18.4. The average molecular weight is 360 g/mol. The van der Waals surface area contributed by atoms with Crippen LogP contribution in [-0.2, 0) is 9.53 Å². The number of carbonyl (C=O) groups is 3. The van der Waals surface area contributed by atoms with Crippen LogP contribution in [0.1, 0.15) is 39.1 Å². The minimum absolute atomic E-state index is 0.0198. The number of amides is 1. The molecule has 2 aromatic carbocycles. The highest BCUT2D eigenvalue weighted by atomic mass is 35.5. The molecule has 1 amide bonds. The number of hydrogen-bond acceptors (Lipinski definition) is 4. The molecule has 130 valence electrons. The Bertz CT molecular complexity index is 817. The number of aryl methyl sites for hydroxylation is 1. The number of Topliss-reactive ketones (excluding diaryl/α,β-unsaturated/α-hetero) is 1. The zero-order valence-corrected chi connectivity index (χ0v) is 14.7. The first kappa shape index (κ1) is 18.7. The number of benzene rings is 2. The Morgan fingerprint density at radius 2 is 1.80 bits per heavy atom. The molecule has 6 heteroatoms. The number of halogens is 1. The number of carbonyl (C=O) groups excluding carboxylic acids is 3. The lowest BCUT2D eigenvalue weighted by molar-refractivity contribution is -0.116.